The van der Waals surface area contributed by atoms with Crippen molar-refractivity contribution in [2.45, 2.75) is 51.3 Å². The van der Waals surface area contributed by atoms with Gasteiger partial charge in [0.15, 0.2) is 0 Å². The zero-order valence-corrected chi connectivity index (χ0v) is 14.1. The fourth-order valence-corrected chi connectivity index (χ4v) is 4.60. The molecule has 3 heteroatoms. The Kier molecular flexibility index (Phi) is 3.46. The summed E-state index contributed by atoms with van der Waals surface area (Å²) in [6, 6.07) is 7.57. The normalized spacial score (nSPS) is 30.9. The molecule has 1 aromatic rings. The molecule has 4 aliphatic rings. The molecule has 3 fully saturated rings. The minimum absolute atomic E-state index is 0.0364. The van der Waals surface area contributed by atoms with Crippen LogP contribution in [-0.2, 0) is 13.0 Å². The van der Waals surface area contributed by atoms with Crippen molar-refractivity contribution in [1.29, 1.82) is 0 Å². The standard InChI is InChI=1S/C19H28N2O/c1-19(2)9-16-8-14(5-7-18(16)22-19)11-21-12-15-4-6-17(21)13-20(3)10-15/h5,7-8,15,17H,4,6,9-13H2,1-3H3/t15-,17+/m1/s1. The van der Waals surface area contributed by atoms with E-state index in [2.05, 4.69) is 48.9 Å². The summed E-state index contributed by atoms with van der Waals surface area (Å²) in [7, 11) is 2.28. The van der Waals surface area contributed by atoms with E-state index >= 15 is 0 Å². The molecule has 3 saturated heterocycles. The molecule has 0 saturated carbocycles. The predicted molar refractivity (Wildman–Crippen MR) is 89.3 cm³/mol. The molecule has 0 unspecified atom stereocenters. The fraction of sp³-hybridized carbons (Fsp3) is 0.684. The summed E-state index contributed by atoms with van der Waals surface area (Å²) in [6.07, 6.45) is 3.82. The lowest BCUT2D eigenvalue weighted by molar-refractivity contribution is 0.124. The van der Waals surface area contributed by atoms with Crippen LogP contribution >= 0.6 is 0 Å². The summed E-state index contributed by atoms with van der Waals surface area (Å²) in [5, 5.41) is 0. The highest BCUT2D eigenvalue weighted by molar-refractivity contribution is 5.41. The molecular weight excluding hydrogens is 272 g/mol. The Morgan fingerprint density at radius 1 is 1.18 bits per heavy atom. The Morgan fingerprint density at radius 2 is 2.05 bits per heavy atom. The molecule has 2 bridgehead atoms. The Hall–Kier alpha value is -1.06. The third kappa shape index (κ3) is 2.77. The molecule has 22 heavy (non-hydrogen) atoms. The molecule has 4 aliphatic heterocycles. The summed E-state index contributed by atoms with van der Waals surface area (Å²) >= 11 is 0. The van der Waals surface area contributed by atoms with Gasteiger partial charge >= 0.3 is 0 Å². The lowest BCUT2D eigenvalue weighted by atomic mass is 9.94. The number of benzene rings is 1. The van der Waals surface area contributed by atoms with Gasteiger partial charge in [-0.2, -0.15) is 0 Å². The van der Waals surface area contributed by atoms with Crippen molar-refractivity contribution in [2.75, 3.05) is 26.7 Å². The second-order valence-electron chi connectivity index (χ2n) is 8.23. The summed E-state index contributed by atoms with van der Waals surface area (Å²) in [5.41, 5.74) is 2.81. The Bertz CT molecular complexity index is 569. The van der Waals surface area contributed by atoms with E-state index in [4.69, 9.17) is 4.74 Å². The monoisotopic (exact) mass is 300 g/mol. The van der Waals surface area contributed by atoms with E-state index in [0.717, 1.165) is 30.7 Å². The highest BCUT2D eigenvalue weighted by Crippen LogP contribution is 2.36. The van der Waals surface area contributed by atoms with Crippen LogP contribution in [0.5, 0.6) is 5.75 Å². The van der Waals surface area contributed by atoms with Gasteiger partial charge in [0, 0.05) is 38.6 Å². The molecule has 0 N–H and O–H groups in total. The van der Waals surface area contributed by atoms with Crippen LogP contribution in [0.4, 0.5) is 0 Å². The maximum absolute atomic E-state index is 6.00. The van der Waals surface area contributed by atoms with Gasteiger partial charge in [-0.05, 0) is 56.8 Å². The highest BCUT2D eigenvalue weighted by atomic mass is 16.5. The van der Waals surface area contributed by atoms with Crippen LogP contribution in [0.2, 0.25) is 0 Å². The van der Waals surface area contributed by atoms with Crippen molar-refractivity contribution in [3.63, 3.8) is 0 Å². The molecule has 1 aromatic carbocycles. The smallest absolute Gasteiger partial charge is 0.123 e. The highest BCUT2D eigenvalue weighted by Gasteiger charge is 2.34. The summed E-state index contributed by atoms with van der Waals surface area (Å²) in [4.78, 5) is 5.25. The largest absolute Gasteiger partial charge is 0.487 e. The average molecular weight is 300 g/mol. The third-order valence-electron chi connectivity index (χ3n) is 5.52. The van der Waals surface area contributed by atoms with Crippen LogP contribution in [0.25, 0.3) is 0 Å². The molecule has 120 valence electrons. The molecular formula is C19H28N2O. The Labute approximate surface area is 134 Å². The van der Waals surface area contributed by atoms with E-state index in [1.807, 2.05) is 0 Å². The number of piperidine rings is 1. The quantitative estimate of drug-likeness (QED) is 0.835. The van der Waals surface area contributed by atoms with Gasteiger partial charge in [0.25, 0.3) is 0 Å². The second kappa shape index (κ2) is 5.24. The van der Waals surface area contributed by atoms with Crippen LogP contribution in [0.3, 0.4) is 0 Å². The molecule has 2 atom stereocenters. The first-order chi connectivity index (χ1) is 10.5. The third-order valence-corrected chi connectivity index (χ3v) is 5.52. The first kappa shape index (κ1) is 14.5. The van der Waals surface area contributed by atoms with E-state index in [1.54, 1.807) is 0 Å². The Morgan fingerprint density at radius 3 is 2.91 bits per heavy atom. The van der Waals surface area contributed by atoms with E-state index in [-0.39, 0.29) is 5.60 Å². The molecule has 4 heterocycles. The average Bonchev–Trinajstić information content (AvgIpc) is 2.56. The van der Waals surface area contributed by atoms with Crippen molar-refractivity contribution < 1.29 is 4.74 Å². The molecule has 0 spiro atoms. The number of likely N-dealkylation sites (N-methyl/N-ethyl adjacent to an activating group) is 1. The van der Waals surface area contributed by atoms with Crippen molar-refractivity contribution in [1.82, 2.24) is 9.80 Å². The zero-order valence-electron chi connectivity index (χ0n) is 14.1. The molecule has 0 aromatic heterocycles. The van der Waals surface area contributed by atoms with Crippen LogP contribution in [0.1, 0.15) is 37.8 Å². The van der Waals surface area contributed by atoms with E-state index < -0.39 is 0 Å². The molecule has 5 rings (SSSR count). The van der Waals surface area contributed by atoms with Crippen LogP contribution in [0.15, 0.2) is 18.2 Å². The first-order valence-corrected chi connectivity index (χ1v) is 8.72. The van der Waals surface area contributed by atoms with Crippen LogP contribution < -0.4 is 4.74 Å². The summed E-state index contributed by atoms with van der Waals surface area (Å²) in [6.45, 7) is 9.24. The topological polar surface area (TPSA) is 15.7 Å². The minimum atomic E-state index is -0.0364. The van der Waals surface area contributed by atoms with Gasteiger partial charge < -0.3 is 9.64 Å². The van der Waals surface area contributed by atoms with Gasteiger partial charge in [-0.3, -0.25) is 4.90 Å². The lowest BCUT2D eigenvalue weighted by Crippen LogP contribution is -2.43. The SMILES string of the molecule is CN1C[C@H]2CC[C@@H](C1)N(Cc1ccc3c(c1)CC(C)(C)O3)C2. The van der Waals surface area contributed by atoms with Crippen molar-refractivity contribution >= 4 is 0 Å². The van der Waals surface area contributed by atoms with E-state index in [0.29, 0.717) is 0 Å². The summed E-state index contributed by atoms with van der Waals surface area (Å²) < 4.78 is 6.00. The number of fused-ring (bicyclic) bond motifs is 5. The maximum atomic E-state index is 6.00. The number of nitrogens with zero attached hydrogens (tertiary/aromatic N) is 2. The van der Waals surface area contributed by atoms with Crippen LogP contribution in [-0.4, -0.2) is 48.1 Å². The first-order valence-electron chi connectivity index (χ1n) is 8.72. The van der Waals surface area contributed by atoms with Crippen LogP contribution in [0, 0.1) is 5.92 Å². The molecule has 3 nitrogen and oxygen atoms in total. The fourth-order valence-electron chi connectivity index (χ4n) is 4.60. The van der Waals surface area contributed by atoms with Gasteiger partial charge in [-0.25, -0.2) is 0 Å². The van der Waals surface area contributed by atoms with Gasteiger partial charge in [0.2, 0.25) is 0 Å². The van der Waals surface area contributed by atoms with Gasteiger partial charge in [-0.15, -0.1) is 0 Å². The number of ether oxygens (including phenoxy) is 1. The Balaban J connectivity index is 1.50. The molecule has 0 amide bonds. The second-order valence-corrected chi connectivity index (χ2v) is 8.23. The minimum Gasteiger partial charge on any atom is -0.487 e. The number of rotatable bonds is 2. The summed E-state index contributed by atoms with van der Waals surface area (Å²) in [5.74, 6) is 1.95. The van der Waals surface area contributed by atoms with E-state index in [1.165, 1.54) is 43.6 Å². The van der Waals surface area contributed by atoms with Gasteiger partial charge in [0.1, 0.15) is 11.4 Å². The van der Waals surface area contributed by atoms with Gasteiger partial charge in [0.05, 0.1) is 0 Å². The predicted octanol–water partition coefficient (Wildman–Crippen LogP) is 2.93. The van der Waals surface area contributed by atoms with E-state index in [9.17, 15) is 0 Å². The maximum Gasteiger partial charge on any atom is 0.123 e. The van der Waals surface area contributed by atoms with Crippen molar-refractivity contribution in [3.8, 4) is 5.75 Å². The number of hydrogen-bond acceptors (Lipinski definition) is 3. The van der Waals surface area contributed by atoms with Crippen molar-refractivity contribution in [3.05, 3.63) is 29.3 Å². The number of hydrogen-bond donors (Lipinski definition) is 0. The zero-order chi connectivity index (χ0) is 15.3. The van der Waals surface area contributed by atoms with Crippen molar-refractivity contribution in [2.24, 2.45) is 5.92 Å². The molecule has 0 radical (unpaired) electrons. The molecule has 0 aliphatic carbocycles. The lowest BCUT2D eigenvalue weighted by Gasteiger charge is -2.36. The van der Waals surface area contributed by atoms with Gasteiger partial charge in [-0.1, -0.05) is 12.1 Å².